The number of nitrogens with one attached hydrogen (secondary N) is 1. The summed E-state index contributed by atoms with van der Waals surface area (Å²) >= 11 is 0. The number of hydrogen-bond acceptors (Lipinski definition) is 5. The Balaban J connectivity index is 1.59. The largest absolute Gasteiger partial charge is 0.339 e. The molecule has 110 valence electrons. The van der Waals surface area contributed by atoms with Crippen LogP contribution in [-0.4, -0.2) is 54.1 Å². The zero-order chi connectivity index (χ0) is 14.1. The standard InChI is InChI=1S/C15H25N5/c1-11-9-20(10-14(11)19(2)3)15-17-7-12(8-18-15)6-16-13-4-5-13/h7-8,11,13-14,16H,4-6,9-10H2,1-3H3. The number of likely N-dealkylation sites (N-methyl/N-ethyl adjacent to an activating group) is 1. The van der Waals surface area contributed by atoms with Crippen molar-refractivity contribution in [2.75, 3.05) is 32.1 Å². The molecule has 2 unspecified atom stereocenters. The van der Waals surface area contributed by atoms with Gasteiger partial charge in [-0.1, -0.05) is 6.92 Å². The second-order valence-corrected chi connectivity index (χ2v) is 6.46. The molecule has 5 nitrogen and oxygen atoms in total. The van der Waals surface area contributed by atoms with Crippen molar-refractivity contribution >= 4 is 5.95 Å². The molecule has 2 atom stereocenters. The Morgan fingerprint density at radius 2 is 1.95 bits per heavy atom. The second kappa shape index (κ2) is 5.66. The van der Waals surface area contributed by atoms with E-state index in [1.165, 1.54) is 18.4 Å². The molecule has 2 aliphatic rings. The van der Waals surface area contributed by atoms with Gasteiger partial charge in [0.25, 0.3) is 0 Å². The summed E-state index contributed by atoms with van der Waals surface area (Å²) in [5.41, 5.74) is 1.18. The second-order valence-electron chi connectivity index (χ2n) is 6.46. The van der Waals surface area contributed by atoms with Gasteiger partial charge in [-0.05, 0) is 32.9 Å². The molecule has 1 saturated carbocycles. The molecule has 0 spiro atoms. The lowest BCUT2D eigenvalue weighted by Gasteiger charge is -2.22. The van der Waals surface area contributed by atoms with Crippen LogP contribution in [0.4, 0.5) is 5.95 Å². The van der Waals surface area contributed by atoms with Gasteiger partial charge >= 0.3 is 0 Å². The van der Waals surface area contributed by atoms with E-state index in [1.807, 2.05) is 12.4 Å². The maximum Gasteiger partial charge on any atom is 0.225 e. The molecule has 0 aromatic carbocycles. The van der Waals surface area contributed by atoms with E-state index in [2.05, 4.69) is 46.1 Å². The minimum atomic E-state index is 0.592. The maximum absolute atomic E-state index is 4.54. The normalized spacial score (nSPS) is 26.5. The van der Waals surface area contributed by atoms with E-state index in [4.69, 9.17) is 0 Å². The zero-order valence-corrected chi connectivity index (χ0v) is 12.7. The van der Waals surface area contributed by atoms with Crippen LogP contribution in [0.15, 0.2) is 12.4 Å². The van der Waals surface area contributed by atoms with Crippen LogP contribution in [0.1, 0.15) is 25.3 Å². The van der Waals surface area contributed by atoms with Crippen LogP contribution in [0.3, 0.4) is 0 Å². The van der Waals surface area contributed by atoms with Crippen LogP contribution in [0.5, 0.6) is 0 Å². The van der Waals surface area contributed by atoms with Gasteiger partial charge in [0.05, 0.1) is 0 Å². The Kier molecular flexibility index (Phi) is 3.89. The first kappa shape index (κ1) is 13.8. The molecule has 5 heteroatoms. The molecule has 3 rings (SSSR count). The van der Waals surface area contributed by atoms with E-state index in [9.17, 15) is 0 Å². The fourth-order valence-electron chi connectivity index (χ4n) is 2.94. The van der Waals surface area contributed by atoms with Crippen LogP contribution >= 0.6 is 0 Å². The highest BCUT2D eigenvalue weighted by molar-refractivity contribution is 5.33. The van der Waals surface area contributed by atoms with E-state index in [0.29, 0.717) is 12.0 Å². The quantitative estimate of drug-likeness (QED) is 0.872. The lowest BCUT2D eigenvalue weighted by Crippen LogP contribution is -2.34. The Hall–Kier alpha value is -1.20. The molecule has 1 saturated heterocycles. The van der Waals surface area contributed by atoms with Gasteiger partial charge in [0.2, 0.25) is 5.95 Å². The molecule has 1 N–H and O–H groups in total. The molecule has 0 amide bonds. The van der Waals surface area contributed by atoms with Crippen molar-refractivity contribution in [2.24, 2.45) is 5.92 Å². The van der Waals surface area contributed by atoms with Crippen molar-refractivity contribution in [1.82, 2.24) is 20.2 Å². The monoisotopic (exact) mass is 275 g/mol. The first-order chi connectivity index (χ1) is 9.63. The van der Waals surface area contributed by atoms with Crippen molar-refractivity contribution in [3.8, 4) is 0 Å². The molecule has 1 aliphatic heterocycles. The molecule has 2 heterocycles. The van der Waals surface area contributed by atoms with Crippen molar-refractivity contribution in [1.29, 1.82) is 0 Å². The highest BCUT2D eigenvalue weighted by atomic mass is 15.3. The third kappa shape index (κ3) is 3.10. The van der Waals surface area contributed by atoms with Gasteiger partial charge in [0, 0.05) is 49.7 Å². The number of aromatic nitrogens is 2. The predicted molar refractivity (Wildman–Crippen MR) is 80.7 cm³/mol. The summed E-state index contributed by atoms with van der Waals surface area (Å²) in [6.45, 7) is 5.26. The number of anilines is 1. The average molecular weight is 275 g/mol. The lowest BCUT2D eigenvalue weighted by molar-refractivity contribution is 0.266. The van der Waals surface area contributed by atoms with Crippen LogP contribution in [0.2, 0.25) is 0 Å². The summed E-state index contributed by atoms with van der Waals surface area (Å²) in [5.74, 6) is 1.53. The summed E-state index contributed by atoms with van der Waals surface area (Å²) in [5, 5.41) is 3.49. The van der Waals surface area contributed by atoms with Crippen LogP contribution in [-0.2, 0) is 6.54 Å². The fourth-order valence-corrected chi connectivity index (χ4v) is 2.94. The maximum atomic E-state index is 4.54. The Labute approximate surface area is 121 Å². The van der Waals surface area contributed by atoms with Gasteiger partial charge in [-0.3, -0.25) is 0 Å². The van der Waals surface area contributed by atoms with E-state index < -0.39 is 0 Å². The summed E-state index contributed by atoms with van der Waals surface area (Å²) in [6, 6.07) is 1.32. The van der Waals surface area contributed by atoms with Gasteiger partial charge in [0.1, 0.15) is 0 Å². The predicted octanol–water partition coefficient (Wildman–Crippen LogP) is 1.11. The molecule has 1 aliphatic carbocycles. The molecule has 2 fully saturated rings. The number of rotatable bonds is 5. The highest BCUT2D eigenvalue weighted by Gasteiger charge is 2.32. The van der Waals surface area contributed by atoms with Crippen LogP contribution in [0, 0.1) is 5.92 Å². The first-order valence-corrected chi connectivity index (χ1v) is 7.59. The number of hydrogen-bond donors (Lipinski definition) is 1. The number of nitrogens with zero attached hydrogens (tertiary/aromatic N) is 4. The molecule has 0 bridgehead atoms. The Morgan fingerprint density at radius 3 is 2.50 bits per heavy atom. The van der Waals surface area contributed by atoms with Gasteiger partial charge in [-0.25, -0.2) is 9.97 Å². The van der Waals surface area contributed by atoms with E-state index in [-0.39, 0.29) is 0 Å². The molecule has 20 heavy (non-hydrogen) atoms. The Morgan fingerprint density at radius 1 is 1.25 bits per heavy atom. The van der Waals surface area contributed by atoms with Crippen molar-refractivity contribution in [3.63, 3.8) is 0 Å². The lowest BCUT2D eigenvalue weighted by atomic mass is 10.1. The minimum Gasteiger partial charge on any atom is -0.339 e. The van der Waals surface area contributed by atoms with Gasteiger partial charge in [0.15, 0.2) is 0 Å². The van der Waals surface area contributed by atoms with Crippen LogP contribution < -0.4 is 10.2 Å². The van der Waals surface area contributed by atoms with E-state index >= 15 is 0 Å². The molecule has 1 aromatic heterocycles. The van der Waals surface area contributed by atoms with Crippen molar-refractivity contribution in [2.45, 2.75) is 38.4 Å². The van der Waals surface area contributed by atoms with Crippen molar-refractivity contribution < 1.29 is 0 Å². The third-order valence-corrected chi connectivity index (χ3v) is 4.38. The Bertz CT molecular complexity index is 440. The van der Waals surface area contributed by atoms with E-state index in [0.717, 1.165) is 31.6 Å². The molecule has 0 radical (unpaired) electrons. The smallest absolute Gasteiger partial charge is 0.225 e. The first-order valence-electron chi connectivity index (χ1n) is 7.59. The average Bonchev–Trinajstić information content (AvgIpc) is 3.18. The third-order valence-electron chi connectivity index (χ3n) is 4.38. The summed E-state index contributed by atoms with van der Waals surface area (Å²) in [6.07, 6.45) is 6.56. The highest BCUT2D eigenvalue weighted by Crippen LogP contribution is 2.23. The molecular formula is C15H25N5. The SMILES string of the molecule is CC1CN(c2ncc(CNC3CC3)cn2)CC1N(C)C. The summed E-state index contributed by atoms with van der Waals surface area (Å²) < 4.78 is 0. The zero-order valence-electron chi connectivity index (χ0n) is 12.7. The van der Waals surface area contributed by atoms with Crippen molar-refractivity contribution in [3.05, 3.63) is 18.0 Å². The summed E-state index contributed by atoms with van der Waals surface area (Å²) in [7, 11) is 4.30. The topological polar surface area (TPSA) is 44.3 Å². The fraction of sp³-hybridized carbons (Fsp3) is 0.733. The summed E-state index contributed by atoms with van der Waals surface area (Å²) in [4.78, 5) is 13.7. The van der Waals surface area contributed by atoms with Crippen LogP contribution in [0.25, 0.3) is 0 Å². The van der Waals surface area contributed by atoms with Gasteiger partial charge in [-0.2, -0.15) is 0 Å². The van der Waals surface area contributed by atoms with Gasteiger partial charge in [-0.15, -0.1) is 0 Å². The van der Waals surface area contributed by atoms with Gasteiger partial charge < -0.3 is 15.1 Å². The molecular weight excluding hydrogens is 250 g/mol. The molecule has 1 aromatic rings. The minimum absolute atomic E-state index is 0.592. The van der Waals surface area contributed by atoms with E-state index in [1.54, 1.807) is 0 Å².